The predicted molar refractivity (Wildman–Crippen MR) is 90.4 cm³/mol. The molecule has 1 fully saturated rings. The van der Waals surface area contributed by atoms with Crippen molar-refractivity contribution in [3.05, 3.63) is 36.3 Å². The van der Waals surface area contributed by atoms with Crippen molar-refractivity contribution in [2.24, 2.45) is 0 Å². The van der Waals surface area contributed by atoms with Gasteiger partial charge in [0.1, 0.15) is 5.82 Å². The summed E-state index contributed by atoms with van der Waals surface area (Å²) in [5.74, 6) is 1.76. The number of piperazine rings is 1. The van der Waals surface area contributed by atoms with E-state index in [1.807, 2.05) is 12.1 Å². The topological polar surface area (TPSA) is 65.4 Å². The summed E-state index contributed by atoms with van der Waals surface area (Å²) in [6.07, 6.45) is 4.42. The molecule has 1 aliphatic rings. The molecule has 3 rings (SSSR count). The number of aromatic nitrogens is 3. The Balaban J connectivity index is 1.82. The summed E-state index contributed by atoms with van der Waals surface area (Å²) in [6.45, 7) is 6.85. The highest BCUT2D eigenvalue weighted by Gasteiger charge is 2.19. The Morgan fingerprint density at radius 1 is 1.09 bits per heavy atom. The Kier molecular flexibility index (Phi) is 5.15. The van der Waals surface area contributed by atoms with Crippen molar-refractivity contribution in [1.82, 2.24) is 19.9 Å². The average Bonchev–Trinajstić information content (AvgIpc) is 2.63. The molecule has 0 unspecified atom stereocenters. The number of aryl methyl sites for hydroxylation is 1. The third-order valence-corrected chi connectivity index (χ3v) is 4.18. The molecule has 0 saturated carbocycles. The van der Waals surface area contributed by atoms with Gasteiger partial charge >= 0.3 is 0 Å². The first kappa shape index (κ1) is 15.8. The highest BCUT2D eigenvalue weighted by molar-refractivity contribution is 5.57. The number of rotatable bonds is 5. The second-order valence-electron chi connectivity index (χ2n) is 5.68. The maximum atomic E-state index is 9.05. The molecule has 6 heteroatoms. The van der Waals surface area contributed by atoms with Gasteiger partial charge in [-0.1, -0.05) is 6.92 Å². The van der Waals surface area contributed by atoms with Crippen LogP contribution in [0.25, 0.3) is 11.4 Å². The van der Waals surface area contributed by atoms with E-state index in [2.05, 4.69) is 32.8 Å². The number of nitrogens with zero attached hydrogens (tertiary/aromatic N) is 5. The number of anilines is 1. The molecule has 0 bridgehead atoms. The first-order valence-corrected chi connectivity index (χ1v) is 8.16. The summed E-state index contributed by atoms with van der Waals surface area (Å²) >= 11 is 0. The van der Waals surface area contributed by atoms with E-state index < -0.39 is 0 Å². The maximum absolute atomic E-state index is 9.05. The predicted octanol–water partition coefficient (Wildman–Crippen LogP) is 1.22. The average molecular weight is 313 g/mol. The molecule has 1 N–H and O–H groups in total. The summed E-state index contributed by atoms with van der Waals surface area (Å²) in [4.78, 5) is 18.1. The molecule has 0 atom stereocenters. The lowest BCUT2D eigenvalue weighted by molar-refractivity contribution is 0.188. The van der Waals surface area contributed by atoms with Gasteiger partial charge in [-0.3, -0.25) is 9.88 Å². The lowest BCUT2D eigenvalue weighted by Crippen LogP contribution is -2.47. The van der Waals surface area contributed by atoms with E-state index in [4.69, 9.17) is 10.1 Å². The van der Waals surface area contributed by atoms with Crippen molar-refractivity contribution in [3.63, 3.8) is 0 Å². The molecular weight excluding hydrogens is 290 g/mol. The number of β-amino-alcohol motifs (C(OH)–C–C–N with tert-alkyl or cyclic N) is 1. The van der Waals surface area contributed by atoms with Crippen LogP contribution >= 0.6 is 0 Å². The molecule has 1 aliphatic heterocycles. The minimum atomic E-state index is 0.222. The smallest absolute Gasteiger partial charge is 0.161 e. The molecule has 0 amide bonds. The highest BCUT2D eigenvalue weighted by Crippen LogP contribution is 2.21. The quantitative estimate of drug-likeness (QED) is 0.895. The largest absolute Gasteiger partial charge is 0.395 e. The number of aliphatic hydroxyl groups excluding tert-OH is 1. The van der Waals surface area contributed by atoms with E-state index in [0.717, 1.165) is 62.0 Å². The second kappa shape index (κ2) is 7.48. The van der Waals surface area contributed by atoms with Crippen molar-refractivity contribution in [2.45, 2.75) is 13.3 Å². The van der Waals surface area contributed by atoms with Gasteiger partial charge in [0.15, 0.2) is 5.82 Å². The zero-order chi connectivity index (χ0) is 16.1. The molecule has 0 radical (unpaired) electrons. The molecule has 3 heterocycles. The first-order valence-electron chi connectivity index (χ1n) is 8.16. The molecule has 1 saturated heterocycles. The fourth-order valence-electron chi connectivity index (χ4n) is 2.80. The van der Waals surface area contributed by atoms with E-state index in [0.29, 0.717) is 0 Å². The zero-order valence-electron chi connectivity index (χ0n) is 13.5. The van der Waals surface area contributed by atoms with E-state index in [1.54, 1.807) is 12.4 Å². The third-order valence-electron chi connectivity index (χ3n) is 4.18. The van der Waals surface area contributed by atoms with Crippen molar-refractivity contribution in [2.75, 3.05) is 44.2 Å². The van der Waals surface area contributed by atoms with Gasteiger partial charge < -0.3 is 10.0 Å². The number of aliphatic hydroxyl groups is 1. The zero-order valence-corrected chi connectivity index (χ0v) is 13.5. The van der Waals surface area contributed by atoms with Crippen LogP contribution in [-0.2, 0) is 6.42 Å². The SMILES string of the molecule is CCc1cc(N2CCN(CCO)CC2)nc(-c2ccncc2)n1. The van der Waals surface area contributed by atoms with Gasteiger partial charge in [-0.25, -0.2) is 9.97 Å². The minimum Gasteiger partial charge on any atom is -0.395 e. The Labute approximate surface area is 136 Å². The van der Waals surface area contributed by atoms with E-state index in [-0.39, 0.29) is 6.61 Å². The summed E-state index contributed by atoms with van der Waals surface area (Å²) in [5.41, 5.74) is 2.05. The number of hydrogen-bond acceptors (Lipinski definition) is 6. The Hall–Kier alpha value is -2.05. The fraction of sp³-hybridized carbons (Fsp3) is 0.471. The Morgan fingerprint density at radius 2 is 1.83 bits per heavy atom. The monoisotopic (exact) mass is 313 g/mol. The first-order chi connectivity index (χ1) is 11.3. The van der Waals surface area contributed by atoms with Gasteiger partial charge in [0.2, 0.25) is 0 Å². The molecule has 0 spiro atoms. The van der Waals surface area contributed by atoms with Gasteiger partial charge in [0.25, 0.3) is 0 Å². The number of hydrogen-bond donors (Lipinski definition) is 1. The van der Waals surface area contributed by atoms with Crippen molar-refractivity contribution >= 4 is 5.82 Å². The molecular formula is C17H23N5O. The lowest BCUT2D eigenvalue weighted by Gasteiger charge is -2.35. The fourth-order valence-corrected chi connectivity index (χ4v) is 2.80. The van der Waals surface area contributed by atoms with Crippen LogP contribution in [-0.4, -0.2) is 64.3 Å². The summed E-state index contributed by atoms with van der Waals surface area (Å²) < 4.78 is 0. The van der Waals surface area contributed by atoms with Crippen molar-refractivity contribution in [1.29, 1.82) is 0 Å². The molecule has 2 aromatic rings. The molecule has 0 aromatic carbocycles. The lowest BCUT2D eigenvalue weighted by atomic mass is 10.2. The van der Waals surface area contributed by atoms with Crippen LogP contribution in [0.4, 0.5) is 5.82 Å². The van der Waals surface area contributed by atoms with Crippen LogP contribution in [0.1, 0.15) is 12.6 Å². The van der Waals surface area contributed by atoms with Crippen LogP contribution in [0.15, 0.2) is 30.6 Å². The van der Waals surface area contributed by atoms with Gasteiger partial charge in [-0.05, 0) is 18.6 Å². The third kappa shape index (κ3) is 3.83. The van der Waals surface area contributed by atoms with E-state index in [1.165, 1.54) is 0 Å². The standard InChI is InChI=1S/C17H23N5O/c1-2-15-13-16(22-9-7-21(8-10-22)11-12-23)20-17(19-15)14-3-5-18-6-4-14/h3-6,13,23H,2,7-12H2,1H3. The Morgan fingerprint density at radius 3 is 2.48 bits per heavy atom. The summed E-state index contributed by atoms with van der Waals surface area (Å²) in [7, 11) is 0. The molecule has 0 aliphatic carbocycles. The maximum Gasteiger partial charge on any atom is 0.161 e. The highest BCUT2D eigenvalue weighted by atomic mass is 16.3. The molecule has 122 valence electrons. The van der Waals surface area contributed by atoms with Crippen LogP contribution in [0.2, 0.25) is 0 Å². The van der Waals surface area contributed by atoms with Crippen molar-refractivity contribution < 1.29 is 5.11 Å². The van der Waals surface area contributed by atoms with E-state index in [9.17, 15) is 0 Å². The number of pyridine rings is 1. The molecule has 23 heavy (non-hydrogen) atoms. The van der Waals surface area contributed by atoms with Gasteiger partial charge in [0, 0.05) is 62.4 Å². The van der Waals surface area contributed by atoms with E-state index >= 15 is 0 Å². The summed E-state index contributed by atoms with van der Waals surface area (Å²) in [6, 6.07) is 5.97. The second-order valence-corrected chi connectivity index (χ2v) is 5.68. The molecule has 6 nitrogen and oxygen atoms in total. The van der Waals surface area contributed by atoms with Gasteiger partial charge in [0.05, 0.1) is 6.61 Å². The Bertz CT molecular complexity index is 626. The van der Waals surface area contributed by atoms with Gasteiger partial charge in [-0.15, -0.1) is 0 Å². The normalized spacial score (nSPS) is 15.8. The summed E-state index contributed by atoms with van der Waals surface area (Å²) in [5, 5.41) is 9.05. The van der Waals surface area contributed by atoms with Gasteiger partial charge in [-0.2, -0.15) is 0 Å². The van der Waals surface area contributed by atoms with Crippen LogP contribution in [0.5, 0.6) is 0 Å². The van der Waals surface area contributed by atoms with Crippen LogP contribution in [0, 0.1) is 0 Å². The van der Waals surface area contributed by atoms with Crippen LogP contribution < -0.4 is 4.90 Å². The van der Waals surface area contributed by atoms with Crippen molar-refractivity contribution in [3.8, 4) is 11.4 Å². The molecule has 2 aromatic heterocycles. The van der Waals surface area contributed by atoms with Crippen LogP contribution in [0.3, 0.4) is 0 Å². The minimum absolute atomic E-state index is 0.222.